The molecule has 0 atom stereocenters. The number of ether oxygens (including phenoxy) is 1. The van der Waals surface area contributed by atoms with Crippen molar-refractivity contribution in [3.8, 4) is 5.75 Å². The summed E-state index contributed by atoms with van der Waals surface area (Å²) in [4.78, 5) is 18.0. The summed E-state index contributed by atoms with van der Waals surface area (Å²) in [6.07, 6.45) is -3.97. The van der Waals surface area contributed by atoms with Gasteiger partial charge in [0.05, 0.1) is 6.54 Å². The second-order valence-electron chi connectivity index (χ2n) is 10.9. The minimum absolute atomic E-state index is 0.0171. The van der Waals surface area contributed by atoms with Crippen molar-refractivity contribution in [3.63, 3.8) is 0 Å². The van der Waals surface area contributed by atoms with Gasteiger partial charge in [0.2, 0.25) is 5.96 Å². The van der Waals surface area contributed by atoms with E-state index in [0.717, 1.165) is 43.4 Å². The van der Waals surface area contributed by atoms with E-state index < -0.39 is 30.7 Å². The Morgan fingerprint density at radius 2 is 1.57 bits per heavy atom. The number of aromatic nitrogens is 4. The first-order chi connectivity index (χ1) is 22.4. The fraction of sp³-hybridized carbons (Fsp3) is 0.323. The monoisotopic (exact) mass is 660 g/mol. The summed E-state index contributed by atoms with van der Waals surface area (Å²) in [5, 5.41) is 18.3. The largest absolute Gasteiger partial charge is 0.573 e. The number of carbonyl (C=O) groups is 1. The summed E-state index contributed by atoms with van der Waals surface area (Å²) in [5.74, 6) is -0.811. The number of rotatable bonds is 9. The third-order valence-corrected chi connectivity index (χ3v) is 7.42. The van der Waals surface area contributed by atoms with Crippen LogP contribution in [-0.2, 0) is 6.54 Å². The highest BCUT2D eigenvalue weighted by molar-refractivity contribution is 6.05. The number of guanidine groups is 1. The third kappa shape index (κ3) is 9.92. The van der Waals surface area contributed by atoms with Crippen LogP contribution in [0.1, 0.15) is 59.5 Å². The lowest BCUT2D eigenvalue weighted by atomic mass is 9.84. The molecule has 0 aliphatic heterocycles. The molecular weight excluding hydrogens is 630 g/mol. The molecule has 0 spiro atoms. The number of nitrogens with zero attached hydrogens (tertiary/aromatic N) is 5. The van der Waals surface area contributed by atoms with Gasteiger partial charge in [0.15, 0.2) is 0 Å². The molecule has 1 fully saturated rings. The molecule has 47 heavy (non-hydrogen) atoms. The number of nitrogens with one attached hydrogen (secondary N) is 3. The van der Waals surface area contributed by atoms with Crippen molar-refractivity contribution in [3.05, 3.63) is 89.5 Å². The van der Waals surface area contributed by atoms with E-state index in [4.69, 9.17) is 0 Å². The predicted molar refractivity (Wildman–Crippen MR) is 162 cm³/mol. The van der Waals surface area contributed by atoms with Gasteiger partial charge in [-0.2, -0.15) is 18.4 Å². The van der Waals surface area contributed by atoms with Crippen LogP contribution in [0, 0.1) is 0 Å². The Kier molecular flexibility index (Phi) is 10.3. The Hall–Kier alpha value is -5.15. The van der Waals surface area contributed by atoms with Crippen molar-refractivity contribution in [2.45, 2.75) is 57.1 Å². The maximum atomic E-state index is 13.4. The number of anilines is 3. The van der Waals surface area contributed by atoms with Crippen molar-refractivity contribution in [1.29, 1.82) is 0 Å². The number of hydrogen-bond donors (Lipinski definition) is 3. The van der Waals surface area contributed by atoms with Gasteiger partial charge in [-0.05, 0) is 83.6 Å². The molecule has 1 aromatic heterocycles. The zero-order chi connectivity index (χ0) is 33.4. The molecule has 3 aromatic carbocycles. The highest BCUT2D eigenvalue weighted by Gasteiger charge is 2.31. The maximum Gasteiger partial charge on any atom is 0.573 e. The molecule has 4 aromatic rings. The molecule has 0 unspecified atom stereocenters. The van der Waals surface area contributed by atoms with Crippen LogP contribution < -0.4 is 20.3 Å². The summed E-state index contributed by atoms with van der Waals surface area (Å²) in [6.45, 7) is -1.50. The molecule has 0 bridgehead atoms. The highest BCUT2D eigenvalue weighted by atomic mass is 19.4. The summed E-state index contributed by atoms with van der Waals surface area (Å²) >= 11 is 0. The van der Waals surface area contributed by atoms with Crippen LogP contribution in [0.5, 0.6) is 5.75 Å². The van der Waals surface area contributed by atoms with Gasteiger partial charge in [0.1, 0.15) is 12.3 Å². The Morgan fingerprint density at radius 3 is 2.17 bits per heavy atom. The van der Waals surface area contributed by atoms with Crippen molar-refractivity contribution in [2.24, 2.45) is 4.99 Å². The normalized spacial score (nSPS) is 14.5. The van der Waals surface area contributed by atoms with Crippen LogP contribution in [0.4, 0.5) is 43.7 Å². The van der Waals surface area contributed by atoms with Crippen molar-refractivity contribution < 1.29 is 35.9 Å². The molecule has 1 amide bonds. The van der Waals surface area contributed by atoms with E-state index >= 15 is 0 Å². The molecule has 5 rings (SSSR count). The number of tetrazole rings is 1. The molecule has 10 nitrogen and oxygen atoms in total. The lowest BCUT2D eigenvalue weighted by molar-refractivity contribution is -0.274. The highest BCUT2D eigenvalue weighted by Crippen LogP contribution is 2.34. The van der Waals surface area contributed by atoms with Gasteiger partial charge >= 0.3 is 12.5 Å². The number of halogens is 6. The zero-order valence-electron chi connectivity index (χ0n) is 24.8. The molecule has 1 saturated carbocycles. The van der Waals surface area contributed by atoms with E-state index in [1.165, 1.54) is 35.6 Å². The molecule has 0 saturated heterocycles. The average Bonchev–Trinajstić information content (AvgIpc) is 3.56. The van der Waals surface area contributed by atoms with E-state index in [-0.39, 0.29) is 29.7 Å². The zero-order valence-corrected chi connectivity index (χ0v) is 24.8. The fourth-order valence-corrected chi connectivity index (χ4v) is 5.21. The molecule has 3 N–H and O–H groups in total. The van der Waals surface area contributed by atoms with Crippen LogP contribution in [0.2, 0.25) is 0 Å². The lowest BCUT2D eigenvalue weighted by Gasteiger charge is -2.29. The number of alkyl halides is 6. The Balaban J connectivity index is 1.45. The van der Waals surface area contributed by atoms with Gasteiger partial charge in [-0.25, -0.2) is 4.99 Å². The van der Waals surface area contributed by atoms with Gasteiger partial charge in [-0.1, -0.05) is 48.6 Å². The number of hydrogen-bond acceptors (Lipinski definition) is 6. The van der Waals surface area contributed by atoms with Crippen LogP contribution in [0.25, 0.3) is 0 Å². The fourth-order valence-electron chi connectivity index (χ4n) is 5.21. The van der Waals surface area contributed by atoms with Gasteiger partial charge in [0.25, 0.3) is 11.9 Å². The molecule has 0 radical (unpaired) electrons. The van der Waals surface area contributed by atoms with E-state index in [0.29, 0.717) is 17.2 Å². The number of benzene rings is 3. The van der Waals surface area contributed by atoms with Crippen molar-refractivity contribution >= 4 is 29.2 Å². The van der Waals surface area contributed by atoms with Crippen molar-refractivity contribution in [1.82, 2.24) is 20.6 Å². The van der Waals surface area contributed by atoms with Gasteiger partial charge in [0, 0.05) is 16.9 Å². The number of aromatic amines is 1. The second kappa shape index (κ2) is 14.5. The quantitative estimate of drug-likeness (QED) is 0.0970. The van der Waals surface area contributed by atoms with Gasteiger partial charge < -0.3 is 15.0 Å². The topological polar surface area (TPSA) is 120 Å². The number of aliphatic imine (C=N–C) groups is 1. The molecule has 1 aliphatic carbocycles. The molecular formula is C31H30F6N8O2. The van der Waals surface area contributed by atoms with Crippen LogP contribution in [-0.4, -0.2) is 51.6 Å². The van der Waals surface area contributed by atoms with Crippen molar-refractivity contribution in [2.75, 3.05) is 22.1 Å². The first-order valence-electron chi connectivity index (χ1n) is 14.7. The summed E-state index contributed by atoms with van der Waals surface area (Å²) in [5.41, 5.74) is 2.72. The first kappa shape index (κ1) is 33.2. The molecule has 16 heteroatoms. The summed E-state index contributed by atoms with van der Waals surface area (Å²) in [6, 6.07) is 18.4. The standard InChI is InChI=1S/C31H30F6N8O2/c32-30(33,34)19-38-29(39-24-12-16-26(17-13-24)47-31(35,36)37)45(25-14-10-22(11-15-25)21-4-2-1-3-5-21)18-20-6-8-23(9-7-20)27(46)40-28-41-43-44-42-28/h6-17,21H,1-5,18-19H2,(H,38,39)(H2,40,41,42,43,44,46). The molecule has 1 aliphatic rings. The summed E-state index contributed by atoms with van der Waals surface area (Å²) in [7, 11) is 0. The Bertz CT molecular complexity index is 1620. The minimum atomic E-state index is -4.90. The summed E-state index contributed by atoms with van der Waals surface area (Å²) < 4.78 is 82.2. The smallest absolute Gasteiger partial charge is 0.406 e. The SMILES string of the molecule is O=C(Nc1nn[nH]n1)c1ccc(CN(C(=NCC(F)(F)F)Nc2ccc(OC(F)(F)F)cc2)c2ccc(C3CCCCC3)cc2)cc1. The first-order valence-corrected chi connectivity index (χ1v) is 14.7. The average molecular weight is 661 g/mol. The minimum Gasteiger partial charge on any atom is -0.406 e. The van der Waals surface area contributed by atoms with Crippen LogP contribution in [0.3, 0.4) is 0 Å². The third-order valence-electron chi connectivity index (χ3n) is 7.42. The van der Waals surface area contributed by atoms with E-state index in [9.17, 15) is 31.1 Å². The van der Waals surface area contributed by atoms with E-state index in [1.807, 2.05) is 24.3 Å². The maximum absolute atomic E-state index is 13.4. The molecule has 1 heterocycles. The van der Waals surface area contributed by atoms with E-state index in [2.05, 4.69) is 41.0 Å². The second-order valence-corrected chi connectivity index (χ2v) is 10.9. The van der Waals surface area contributed by atoms with Gasteiger partial charge in [-0.15, -0.1) is 18.3 Å². The van der Waals surface area contributed by atoms with E-state index in [1.54, 1.807) is 12.1 Å². The Morgan fingerprint density at radius 1 is 0.894 bits per heavy atom. The van der Waals surface area contributed by atoms with Gasteiger partial charge in [-0.3, -0.25) is 10.1 Å². The number of amides is 1. The number of carbonyl (C=O) groups excluding carboxylic acids is 1. The lowest BCUT2D eigenvalue weighted by Crippen LogP contribution is -2.37. The Labute approximate surface area is 265 Å². The predicted octanol–water partition coefficient (Wildman–Crippen LogP) is 7.44. The number of H-pyrrole nitrogens is 1. The van der Waals surface area contributed by atoms with Crippen LogP contribution in [0.15, 0.2) is 77.8 Å². The van der Waals surface area contributed by atoms with Crippen LogP contribution >= 0.6 is 0 Å². The molecule has 248 valence electrons.